The van der Waals surface area contributed by atoms with Gasteiger partial charge in [-0.3, -0.25) is 15.6 Å². The fourth-order valence-corrected chi connectivity index (χ4v) is 2.07. The molecule has 0 atom stereocenters. The highest BCUT2D eigenvalue weighted by Crippen LogP contribution is 2.28. The van der Waals surface area contributed by atoms with E-state index in [-0.39, 0.29) is 11.8 Å². The van der Waals surface area contributed by atoms with Gasteiger partial charge in [0.2, 0.25) is 5.91 Å². The molecule has 3 N–H and O–H groups in total. The lowest BCUT2D eigenvalue weighted by Gasteiger charge is -2.16. The van der Waals surface area contributed by atoms with Crippen LogP contribution in [0.3, 0.4) is 0 Å². The molecule has 1 aromatic carbocycles. The normalized spacial score (nSPS) is 13.8. The van der Waals surface area contributed by atoms with Crippen molar-refractivity contribution in [3.63, 3.8) is 0 Å². The molecule has 1 aromatic rings. The molecule has 102 valence electrons. The van der Waals surface area contributed by atoms with Crippen molar-refractivity contribution in [2.75, 3.05) is 5.32 Å². The standard InChI is InChI=1S/C14H19N3OS/c1-3-10-6-4-5-9(2)12(10)15-14(19)17-16-13(18)11-7-8-11/h4-6,11H,3,7-8H2,1-2H3,(H,16,18)(H2,15,17,19). The Hall–Kier alpha value is -1.62. The molecule has 0 heterocycles. The first-order valence-corrected chi connectivity index (χ1v) is 6.98. The summed E-state index contributed by atoms with van der Waals surface area (Å²) in [6.07, 6.45) is 2.89. The minimum Gasteiger partial charge on any atom is -0.331 e. The Balaban J connectivity index is 1.92. The Labute approximate surface area is 118 Å². The molecule has 1 aliphatic rings. The number of hydrogen-bond acceptors (Lipinski definition) is 2. The highest BCUT2D eigenvalue weighted by Gasteiger charge is 2.29. The largest absolute Gasteiger partial charge is 0.331 e. The van der Waals surface area contributed by atoms with Gasteiger partial charge in [-0.1, -0.05) is 25.1 Å². The quantitative estimate of drug-likeness (QED) is 0.586. The first-order valence-electron chi connectivity index (χ1n) is 6.57. The number of hydrazine groups is 1. The van der Waals surface area contributed by atoms with Gasteiger partial charge in [-0.2, -0.15) is 0 Å². The monoisotopic (exact) mass is 277 g/mol. The van der Waals surface area contributed by atoms with Crippen molar-refractivity contribution in [1.29, 1.82) is 0 Å². The highest BCUT2D eigenvalue weighted by molar-refractivity contribution is 7.80. The Kier molecular flexibility index (Phi) is 4.37. The molecule has 1 aliphatic carbocycles. The molecule has 0 spiro atoms. The van der Waals surface area contributed by atoms with Crippen LogP contribution in [0.15, 0.2) is 18.2 Å². The molecule has 4 nitrogen and oxygen atoms in total. The Morgan fingerprint density at radius 1 is 1.37 bits per heavy atom. The first kappa shape index (κ1) is 13.8. The minimum atomic E-state index is 0.0182. The second-order valence-electron chi connectivity index (χ2n) is 4.81. The number of anilines is 1. The zero-order valence-corrected chi connectivity index (χ0v) is 12.1. The summed E-state index contributed by atoms with van der Waals surface area (Å²) in [5.74, 6) is 0.185. The van der Waals surface area contributed by atoms with Gasteiger partial charge in [-0.25, -0.2) is 0 Å². The molecular formula is C14H19N3OS. The smallest absolute Gasteiger partial charge is 0.241 e. The van der Waals surface area contributed by atoms with E-state index in [1.165, 1.54) is 5.56 Å². The molecule has 1 amide bonds. The molecule has 0 radical (unpaired) electrons. The van der Waals surface area contributed by atoms with E-state index in [9.17, 15) is 4.79 Å². The van der Waals surface area contributed by atoms with Gasteiger partial charge in [0.05, 0.1) is 0 Å². The molecule has 1 fully saturated rings. The molecule has 1 saturated carbocycles. The number of para-hydroxylation sites is 1. The van der Waals surface area contributed by atoms with Gasteiger partial charge in [-0.15, -0.1) is 0 Å². The molecule has 0 unspecified atom stereocenters. The summed E-state index contributed by atoms with van der Waals surface area (Å²) >= 11 is 5.19. The van der Waals surface area contributed by atoms with Crippen molar-refractivity contribution in [2.24, 2.45) is 5.92 Å². The second-order valence-corrected chi connectivity index (χ2v) is 5.21. The molecular weight excluding hydrogens is 258 g/mol. The van der Waals surface area contributed by atoms with E-state index in [2.05, 4.69) is 29.2 Å². The van der Waals surface area contributed by atoms with E-state index in [0.717, 1.165) is 30.5 Å². The summed E-state index contributed by atoms with van der Waals surface area (Å²) in [5, 5.41) is 3.56. The van der Waals surface area contributed by atoms with Crippen LogP contribution in [-0.2, 0) is 11.2 Å². The summed E-state index contributed by atoms with van der Waals surface area (Å²) in [5.41, 5.74) is 8.74. The minimum absolute atomic E-state index is 0.0182. The number of carbonyl (C=O) groups is 1. The Morgan fingerprint density at radius 3 is 2.74 bits per heavy atom. The SMILES string of the molecule is CCc1cccc(C)c1NC(=S)NNC(=O)C1CC1. The zero-order valence-electron chi connectivity index (χ0n) is 11.2. The number of benzene rings is 1. The van der Waals surface area contributed by atoms with Crippen LogP contribution in [-0.4, -0.2) is 11.0 Å². The van der Waals surface area contributed by atoms with Crippen LogP contribution < -0.4 is 16.2 Å². The lowest BCUT2D eigenvalue weighted by molar-refractivity contribution is -0.122. The third kappa shape index (κ3) is 3.67. The van der Waals surface area contributed by atoms with E-state index in [1.807, 2.05) is 19.1 Å². The second kappa shape index (κ2) is 6.02. The fraction of sp³-hybridized carbons (Fsp3) is 0.429. The van der Waals surface area contributed by atoms with Crippen molar-refractivity contribution in [3.8, 4) is 0 Å². The van der Waals surface area contributed by atoms with Crippen molar-refractivity contribution in [1.82, 2.24) is 10.9 Å². The van der Waals surface area contributed by atoms with Crippen molar-refractivity contribution < 1.29 is 4.79 Å². The van der Waals surface area contributed by atoms with Crippen LogP contribution in [0.5, 0.6) is 0 Å². The van der Waals surface area contributed by atoms with Gasteiger partial charge in [0.15, 0.2) is 5.11 Å². The zero-order chi connectivity index (χ0) is 13.8. The van der Waals surface area contributed by atoms with Gasteiger partial charge in [-0.05, 0) is 49.5 Å². The van der Waals surface area contributed by atoms with Crippen LogP contribution in [0.2, 0.25) is 0 Å². The van der Waals surface area contributed by atoms with Crippen LogP contribution in [0.1, 0.15) is 30.9 Å². The van der Waals surface area contributed by atoms with E-state index < -0.39 is 0 Å². The summed E-state index contributed by atoms with van der Waals surface area (Å²) in [6, 6.07) is 6.14. The van der Waals surface area contributed by atoms with E-state index >= 15 is 0 Å². The molecule has 5 heteroatoms. The topological polar surface area (TPSA) is 53.2 Å². The third-order valence-electron chi connectivity index (χ3n) is 3.23. The molecule has 0 aromatic heterocycles. The number of hydrogen-bond donors (Lipinski definition) is 3. The van der Waals surface area contributed by atoms with Gasteiger partial charge in [0, 0.05) is 11.6 Å². The number of carbonyl (C=O) groups excluding carboxylic acids is 1. The number of nitrogens with one attached hydrogen (secondary N) is 3. The van der Waals surface area contributed by atoms with E-state index in [4.69, 9.17) is 12.2 Å². The maximum atomic E-state index is 11.5. The van der Waals surface area contributed by atoms with Gasteiger partial charge >= 0.3 is 0 Å². The molecule has 0 aliphatic heterocycles. The summed E-state index contributed by atoms with van der Waals surface area (Å²) in [6.45, 7) is 4.14. The summed E-state index contributed by atoms with van der Waals surface area (Å²) in [4.78, 5) is 11.5. The van der Waals surface area contributed by atoms with Crippen molar-refractivity contribution in [3.05, 3.63) is 29.3 Å². The van der Waals surface area contributed by atoms with Gasteiger partial charge in [0.25, 0.3) is 0 Å². The predicted octanol–water partition coefficient (Wildman–Crippen LogP) is 2.29. The Morgan fingerprint density at radius 2 is 2.11 bits per heavy atom. The van der Waals surface area contributed by atoms with Crippen LogP contribution in [0, 0.1) is 12.8 Å². The van der Waals surface area contributed by atoms with E-state index in [0.29, 0.717) is 5.11 Å². The van der Waals surface area contributed by atoms with Crippen LogP contribution in [0.25, 0.3) is 0 Å². The number of aryl methyl sites for hydroxylation is 2. The molecule has 0 bridgehead atoms. The fourth-order valence-electron chi connectivity index (χ4n) is 1.91. The van der Waals surface area contributed by atoms with Gasteiger partial charge in [0.1, 0.15) is 0 Å². The maximum absolute atomic E-state index is 11.5. The number of rotatable bonds is 3. The number of thiocarbonyl (C=S) groups is 1. The molecule has 0 saturated heterocycles. The van der Waals surface area contributed by atoms with Crippen LogP contribution in [0.4, 0.5) is 5.69 Å². The van der Waals surface area contributed by atoms with Crippen molar-refractivity contribution >= 4 is 28.9 Å². The number of amides is 1. The first-order chi connectivity index (χ1) is 9.11. The lowest BCUT2D eigenvalue weighted by atomic mass is 10.1. The summed E-state index contributed by atoms with van der Waals surface area (Å²) < 4.78 is 0. The average molecular weight is 277 g/mol. The highest BCUT2D eigenvalue weighted by atomic mass is 32.1. The van der Waals surface area contributed by atoms with E-state index in [1.54, 1.807) is 0 Å². The molecule has 2 rings (SSSR count). The Bertz CT molecular complexity index is 497. The lowest BCUT2D eigenvalue weighted by Crippen LogP contribution is -2.44. The molecule has 19 heavy (non-hydrogen) atoms. The average Bonchev–Trinajstić information content (AvgIpc) is 3.22. The summed E-state index contributed by atoms with van der Waals surface area (Å²) in [7, 11) is 0. The predicted molar refractivity (Wildman–Crippen MR) is 80.8 cm³/mol. The maximum Gasteiger partial charge on any atom is 0.241 e. The third-order valence-corrected chi connectivity index (χ3v) is 3.43. The van der Waals surface area contributed by atoms with Gasteiger partial charge < -0.3 is 5.32 Å². The van der Waals surface area contributed by atoms with Crippen molar-refractivity contribution in [2.45, 2.75) is 33.1 Å². The van der Waals surface area contributed by atoms with Crippen LogP contribution >= 0.6 is 12.2 Å².